The molecule has 24 heavy (non-hydrogen) atoms. The monoisotopic (exact) mass is 348 g/mol. The fourth-order valence-electron chi connectivity index (χ4n) is 2.86. The summed E-state index contributed by atoms with van der Waals surface area (Å²) >= 11 is 1.68. The molecule has 0 radical (unpaired) electrons. The van der Waals surface area contributed by atoms with Gasteiger partial charge in [0, 0.05) is 29.7 Å². The van der Waals surface area contributed by atoms with E-state index in [1.165, 1.54) is 4.88 Å². The van der Waals surface area contributed by atoms with Gasteiger partial charge in [0.25, 0.3) is 0 Å². The molecule has 0 spiro atoms. The smallest absolute Gasteiger partial charge is 0.318 e. The topological polar surface area (TPSA) is 59.4 Å². The molecule has 3 rings (SSSR count). The van der Waals surface area contributed by atoms with Crippen LogP contribution in [0.25, 0.3) is 0 Å². The highest BCUT2D eigenvalue weighted by atomic mass is 32.1. The normalized spacial score (nSPS) is 19.2. The minimum atomic E-state index is -0.105. The molecule has 0 aliphatic carbocycles. The Morgan fingerprint density at radius 2 is 2.42 bits per heavy atom. The van der Waals surface area contributed by atoms with Crippen LogP contribution in [0.2, 0.25) is 0 Å². The number of morpholine rings is 1. The van der Waals surface area contributed by atoms with Crippen molar-refractivity contribution in [3.63, 3.8) is 0 Å². The zero-order chi connectivity index (χ0) is 16.9. The van der Waals surface area contributed by atoms with Gasteiger partial charge in [-0.1, -0.05) is 13.0 Å². The molecule has 130 valence electrons. The number of nitrogens with one attached hydrogen (secondary N) is 1. The number of carbonyl (C=O) groups excluding carboxylic acids is 1. The van der Waals surface area contributed by atoms with E-state index in [2.05, 4.69) is 23.4 Å². The second-order valence-electron chi connectivity index (χ2n) is 5.86. The SMILES string of the molecule is CC[C@H](NC(=O)N1CCO[C@H](c2cnn(CC)c2)C1)c1cccs1. The molecular weight excluding hydrogens is 324 g/mol. The van der Waals surface area contributed by atoms with Crippen molar-refractivity contribution in [2.75, 3.05) is 19.7 Å². The minimum Gasteiger partial charge on any atom is -0.370 e. The van der Waals surface area contributed by atoms with Crippen LogP contribution in [0, 0.1) is 0 Å². The highest BCUT2D eigenvalue weighted by Crippen LogP contribution is 2.24. The van der Waals surface area contributed by atoms with E-state index in [-0.39, 0.29) is 18.2 Å². The van der Waals surface area contributed by atoms with Gasteiger partial charge in [-0.05, 0) is 24.8 Å². The maximum atomic E-state index is 12.6. The Bertz CT molecular complexity index is 655. The maximum absolute atomic E-state index is 12.6. The first-order valence-corrected chi connectivity index (χ1v) is 9.32. The fourth-order valence-corrected chi connectivity index (χ4v) is 3.72. The molecule has 2 atom stereocenters. The Morgan fingerprint density at radius 3 is 3.08 bits per heavy atom. The maximum Gasteiger partial charge on any atom is 0.318 e. The number of aryl methyl sites for hydroxylation is 1. The third kappa shape index (κ3) is 3.79. The van der Waals surface area contributed by atoms with Crippen molar-refractivity contribution in [3.8, 4) is 0 Å². The summed E-state index contributed by atoms with van der Waals surface area (Å²) in [5.41, 5.74) is 1.03. The van der Waals surface area contributed by atoms with Gasteiger partial charge >= 0.3 is 6.03 Å². The van der Waals surface area contributed by atoms with Crippen molar-refractivity contribution in [1.29, 1.82) is 0 Å². The number of nitrogens with zero attached hydrogens (tertiary/aromatic N) is 3. The number of ether oxygens (including phenoxy) is 1. The molecule has 7 heteroatoms. The van der Waals surface area contributed by atoms with E-state index in [0.29, 0.717) is 19.7 Å². The van der Waals surface area contributed by atoms with Crippen LogP contribution in [0.3, 0.4) is 0 Å². The van der Waals surface area contributed by atoms with E-state index < -0.39 is 0 Å². The van der Waals surface area contributed by atoms with Gasteiger partial charge < -0.3 is 15.0 Å². The molecule has 1 aliphatic heterocycles. The van der Waals surface area contributed by atoms with Crippen LogP contribution >= 0.6 is 11.3 Å². The van der Waals surface area contributed by atoms with Gasteiger partial charge in [0.05, 0.1) is 25.4 Å². The molecule has 2 amide bonds. The number of carbonyl (C=O) groups is 1. The average molecular weight is 348 g/mol. The molecule has 2 aromatic heterocycles. The van der Waals surface area contributed by atoms with Gasteiger partial charge in [0.15, 0.2) is 0 Å². The van der Waals surface area contributed by atoms with Gasteiger partial charge in [-0.15, -0.1) is 11.3 Å². The Labute approximate surface area is 146 Å². The van der Waals surface area contributed by atoms with Crippen molar-refractivity contribution in [1.82, 2.24) is 20.0 Å². The Kier molecular flexibility index (Phi) is 5.52. The Morgan fingerprint density at radius 1 is 1.54 bits per heavy atom. The van der Waals surface area contributed by atoms with Crippen LogP contribution in [-0.4, -0.2) is 40.4 Å². The lowest BCUT2D eigenvalue weighted by molar-refractivity contribution is -0.0158. The number of thiophene rings is 1. The number of aromatic nitrogens is 2. The first-order valence-electron chi connectivity index (χ1n) is 8.44. The molecular formula is C17H24N4O2S. The standard InChI is InChI=1S/C17H24N4O2S/c1-3-14(16-6-5-9-24-16)19-17(22)20-7-8-23-15(12-20)13-10-18-21(4-2)11-13/h5-6,9-11,14-15H,3-4,7-8,12H2,1-2H3,(H,19,22)/t14-,15-/m0/s1. The van der Waals surface area contributed by atoms with Crippen LogP contribution in [0.4, 0.5) is 4.79 Å². The number of amides is 2. The fraction of sp³-hybridized carbons (Fsp3) is 0.529. The molecule has 0 unspecified atom stereocenters. The predicted octanol–water partition coefficient (Wildman–Crippen LogP) is 3.20. The molecule has 0 aromatic carbocycles. The molecule has 3 heterocycles. The summed E-state index contributed by atoms with van der Waals surface area (Å²) in [6, 6.07) is 4.14. The van der Waals surface area contributed by atoms with Gasteiger partial charge in [-0.3, -0.25) is 4.68 Å². The van der Waals surface area contributed by atoms with E-state index in [1.807, 2.05) is 40.3 Å². The molecule has 1 saturated heterocycles. The van der Waals surface area contributed by atoms with Gasteiger partial charge in [0.1, 0.15) is 6.10 Å². The molecule has 1 fully saturated rings. The molecule has 1 aliphatic rings. The van der Waals surface area contributed by atoms with Crippen molar-refractivity contribution < 1.29 is 9.53 Å². The van der Waals surface area contributed by atoms with Crippen molar-refractivity contribution >= 4 is 17.4 Å². The van der Waals surface area contributed by atoms with Crippen LogP contribution in [0.15, 0.2) is 29.9 Å². The quantitative estimate of drug-likeness (QED) is 0.903. The molecule has 2 aromatic rings. The third-order valence-electron chi connectivity index (χ3n) is 4.30. The first-order chi connectivity index (χ1) is 11.7. The van der Waals surface area contributed by atoms with Gasteiger partial charge in [-0.25, -0.2) is 4.79 Å². The first kappa shape index (κ1) is 17.0. The van der Waals surface area contributed by atoms with Crippen LogP contribution in [0.1, 0.15) is 42.9 Å². The lowest BCUT2D eigenvalue weighted by atomic mass is 10.1. The van der Waals surface area contributed by atoms with Gasteiger partial charge in [0.2, 0.25) is 0 Å². The van der Waals surface area contributed by atoms with Crippen LogP contribution < -0.4 is 5.32 Å². The van der Waals surface area contributed by atoms with E-state index in [0.717, 1.165) is 18.5 Å². The van der Waals surface area contributed by atoms with Crippen molar-refractivity contribution in [2.45, 2.75) is 39.0 Å². The summed E-state index contributed by atoms with van der Waals surface area (Å²) in [6.45, 7) is 6.69. The van der Waals surface area contributed by atoms with Gasteiger partial charge in [-0.2, -0.15) is 5.10 Å². The molecule has 6 nitrogen and oxygen atoms in total. The number of hydrogen-bond donors (Lipinski definition) is 1. The Hall–Kier alpha value is -1.86. The van der Waals surface area contributed by atoms with Crippen molar-refractivity contribution in [3.05, 3.63) is 40.3 Å². The lowest BCUT2D eigenvalue weighted by Gasteiger charge is -2.33. The second kappa shape index (κ2) is 7.81. The largest absolute Gasteiger partial charge is 0.370 e. The van der Waals surface area contributed by atoms with E-state index in [4.69, 9.17) is 4.74 Å². The predicted molar refractivity (Wildman–Crippen MR) is 94.0 cm³/mol. The van der Waals surface area contributed by atoms with E-state index >= 15 is 0 Å². The Balaban J connectivity index is 1.62. The van der Waals surface area contributed by atoms with Crippen molar-refractivity contribution in [2.24, 2.45) is 0 Å². The summed E-state index contributed by atoms with van der Waals surface area (Å²) in [4.78, 5) is 15.7. The minimum absolute atomic E-state index is 0.0218. The number of rotatable bonds is 5. The molecule has 0 saturated carbocycles. The third-order valence-corrected chi connectivity index (χ3v) is 5.28. The summed E-state index contributed by atoms with van der Waals surface area (Å²) in [5.74, 6) is 0. The highest BCUT2D eigenvalue weighted by molar-refractivity contribution is 7.10. The number of urea groups is 1. The van der Waals surface area contributed by atoms with E-state index in [9.17, 15) is 4.79 Å². The van der Waals surface area contributed by atoms with Crippen LogP contribution in [0.5, 0.6) is 0 Å². The summed E-state index contributed by atoms with van der Waals surface area (Å²) in [5, 5.41) is 9.48. The second-order valence-corrected chi connectivity index (χ2v) is 6.84. The summed E-state index contributed by atoms with van der Waals surface area (Å²) < 4.78 is 7.71. The number of hydrogen-bond acceptors (Lipinski definition) is 4. The summed E-state index contributed by atoms with van der Waals surface area (Å²) in [7, 11) is 0. The lowest BCUT2D eigenvalue weighted by Crippen LogP contribution is -2.47. The van der Waals surface area contributed by atoms with E-state index in [1.54, 1.807) is 11.3 Å². The van der Waals surface area contributed by atoms with Crippen LogP contribution in [-0.2, 0) is 11.3 Å². The molecule has 0 bridgehead atoms. The molecule has 1 N–H and O–H groups in total. The highest BCUT2D eigenvalue weighted by Gasteiger charge is 2.27. The summed E-state index contributed by atoms with van der Waals surface area (Å²) in [6.07, 6.45) is 4.60. The average Bonchev–Trinajstić information content (AvgIpc) is 3.31. The zero-order valence-corrected chi connectivity index (χ0v) is 15.0. The zero-order valence-electron chi connectivity index (χ0n) is 14.1.